The van der Waals surface area contributed by atoms with Crippen LogP contribution in [0.15, 0.2) is 10.6 Å². The Hall–Kier alpha value is -1.36. The van der Waals surface area contributed by atoms with Gasteiger partial charge in [0.25, 0.3) is 5.91 Å². The van der Waals surface area contributed by atoms with Gasteiger partial charge in [0, 0.05) is 19.2 Å². The Labute approximate surface area is 101 Å². The number of aromatic nitrogens is 1. The summed E-state index contributed by atoms with van der Waals surface area (Å²) < 4.78 is 4.99. The Morgan fingerprint density at radius 2 is 2.29 bits per heavy atom. The van der Waals surface area contributed by atoms with Gasteiger partial charge in [-0.15, -0.1) is 0 Å². The molecule has 2 rings (SSSR count). The predicted molar refractivity (Wildman–Crippen MR) is 63.5 cm³/mol. The van der Waals surface area contributed by atoms with Crippen molar-refractivity contribution in [3.8, 4) is 0 Å². The van der Waals surface area contributed by atoms with Gasteiger partial charge in [-0.2, -0.15) is 0 Å². The maximum Gasteiger partial charge on any atom is 0.292 e. The van der Waals surface area contributed by atoms with E-state index in [1.807, 2.05) is 11.8 Å². The highest BCUT2D eigenvalue weighted by Gasteiger charge is 2.25. The second-order valence-electron chi connectivity index (χ2n) is 4.65. The van der Waals surface area contributed by atoms with Gasteiger partial charge in [0.05, 0.1) is 5.69 Å². The SMILES string of the molecule is Cc1cc(C(=O)N2CCC(CCN)CC2)on1. The summed E-state index contributed by atoms with van der Waals surface area (Å²) in [6, 6.07) is 1.69. The van der Waals surface area contributed by atoms with Crippen LogP contribution >= 0.6 is 0 Å². The van der Waals surface area contributed by atoms with Crippen LogP contribution in [0.2, 0.25) is 0 Å². The highest BCUT2D eigenvalue weighted by atomic mass is 16.5. The molecule has 0 bridgehead atoms. The highest BCUT2D eigenvalue weighted by Crippen LogP contribution is 2.21. The van der Waals surface area contributed by atoms with Crippen LogP contribution in [-0.4, -0.2) is 35.6 Å². The molecule has 1 amide bonds. The molecule has 0 saturated carbocycles. The second-order valence-corrected chi connectivity index (χ2v) is 4.65. The number of amides is 1. The first-order chi connectivity index (χ1) is 8.20. The van der Waals surface area contributed by atoms with Crippen molar-refractivity contribution in [3.63, 3.8) is 0 Å². The summed E-state index contributed by atoms with van der Waals surface area (Å²) in [5.41, 5.74) is 6.29. The molecule has 0 aromatic carbocycles. The molecule has 1 aromatic heterocycles. The number of carbonyl (C=O) groups is 1. The molecule has 1 fully saturated rings. The summed E-state index contributed by atoms with van der Waals surface area (Å²) in [5, 5.41) is 3.74. The van der Waals surface area contributed by atoms with Gasteiger partial charge in [-0.1, -0.05) is 5.16 Å². The molecule has 1 aliphatic rings. The summed E-state index contributed by atoms with van der Waals surface area (Å²) >= 11 is 0. The van der Waals surface area contributed by atoms with Crippen molar-refractivity contribution in [2.45, 2.75) is 26.2 Å². The normalized spacial score (nSPS) is 17.4. The van der Waals surface area contributed by atoms with Crippen molar-refractivity contribution < 1.29 is 9.32 Å². The Morgan fingerprint density at radius 3 is 2.82 bits per heavy atom. The van der Waals surface area contributed by atoms with E-state index in [0.717, 1.165) is 44.6 Å². The topological polar surface area (TPSA) is 72.4 Å². The number of piperidine rings is 1. The standard InChI is InChI=1S/C12H19N3O2/c1-9-8-11(17-14-9)12(16)15-6-3-10(2-5-13)4-7-15/h8,10H,2-7,13H2,1H3. The molecule has 0 atom stereocenters. The van der Waals surface area contributed by atoms with Gasteiger partial charge in [0.1, 0.15) is 0 Å². The Balaban J connectivity index is 1.90. The monoisotopic (exact) mass is 237 g/mol. The number of nitrogens with zero attached hydrogens (tertiary/aromatic N) is 2. The fourth-order valence-electron chi connectivity index (χ4n) is 2.28. The van der Waals surface area contributed by atoms with Gasteiger partial charge >= 0.3 is 0 Å². The first-order valence-corrected chi connectivity index (χ1v) is 6.13. The average Bonchev–Trinajstić information content (AvgIpc) is 2.76. The number of nitrogens with two attached hydrogens (primary N) is 1. The lowest BCUT2D eigenvalue weighted by Gasteiger charge is -2.31. The third-order valence-electron chi connectivity index (χ3n) is 3.32. The molecule has 2 heterocycles. The number of rotatable bonds is 3. The zero-order valence-corrected chi connectivity index (χ0v) is 10.2. The van der Waals surface area contributed by atoms with Crippen LogP contribution in [0.4, 0.5) is 0 Å². The van der Waals surface area contributed by atoms with Crippen LogP contribution in [0.25, 0.3) is 0 Å². The van der Waals surface area contributed by atoms with Gasteiger partial charge in [-0.25, -0.2) is 0 Å². The van der Waals surface area contributed by atoms with E-state index in [0.29, 0.717) is 11.7 Å². The smallest absolute Gasteiger partial charge is 0.292 e. The average molecular weight is 237 g/mol. The van der Waals surface area contributed by atoms with E-state index in [1.165, 1.54) is 0 Å². The Kier molecular flexibility index (Phi) is 3.78. The number of likely N-dealkylation sites (tertiary alicyclic amines) is 1. The fraction of sp³-hybridized carbons (Fsp3) is 0.667. The fourth-order valence-corrected chi connectivity index (χ4v) is 2.28. The van der Waals surface area contributed by atoms with Crippen LogP contribution in [0.3, 0.4) is 0 Å². The van der Waals surface area contributed by atoms with E-state index in [4.69, 9.17) is 10.3 Å². The van der Waals surface area contributed by atoms with Gasteiger partial charge in [-0.05, 0) is 38.6 Å². The molecule has 5 nitrogen and oxygen atoms in total. The number of hydrogen-bond acceptors (Lipinski definition) is 4. The lowest BCUT2D eigenvalue weighted by Crippen LogP contribution is -2.38. The minimum Gasteiger partial charge on any atom is -0.351 e. The van der Waals surface area contributed by atoms with Crippen molar-refractivity contribution in [3.05, 3.63) is 17.5 Å². The molecule has 0 aliphatic carbocycles. The van der Waals surface area contributed by atoms with Crippen LogP contribution < -0.4 is 5.73 Å². The quantitative estimate of drug-likeness (QED) is 0.857. The van der Waals surface area contributed by atoms with Crippen molar-refractivity contribution in [2.24, 2.45) is 11.7 Å². The van der Waals surface area contributed by atoms with Crippen LogP contribution in [0.1, 0.15) is 35.5 Å². The summed E-state index contributed by atoms with van der Waals surface area (Å²) in [6.45, 7) is 4.14. The summed E-state index contributed by atoms with van der Waals surface area (Å²) in [7, 11) is 0. The molecule has 1 aliphatic heterocycles. The maximum atomic E-state index is 12.0. The zero-order chi connectivity index (χ0) is 12.3. The Bertz CT molecular complexity index is 381. The van der Waals surface area contributed by atoms with E-state index < -0.39 is 0 Å². The maximum absolute atomic E-state index is 12.0. The van der Waals surface area contributed by atoms with E-state index >= 15 is 0 Å². The lowest BCUT2D eigenvalue weighted by atomic mass is 9.93. The number of aryl methyl sites for hydroxylation is 1. The molecule has 0 radical (unpaired) electrons. The summed E-state index contributed by atoms with van der Waals surface area (Å²) in [5.74, 6) is 0.970. The summed E-state index contributed by atoms with van der Waals surface area (Å²) in [4.78, 5) is 13.9. The van der Waals surface area contributed by atoms with Gasteiger partial charge in [0.15, 0.2) is 0 Å². The largest absolute Gasteiger partial charge is 0.351 e. The highest BCUT2D eigenvalue weighted by molar-refractivity contribution is 5.91. The minimum absolute atomic E-state index is 0.0446. The molecule has 17 heavy (non-hydrogen) atoms. The molecule has 2 N–H and O–H groups in total. The zero-order valence-electron chi connectivity index (χ0n) is 10.2. The van der Waals surface area contributed by atoms with Crippen molar-refractivity contribution in [1.82, 2.24) is 10.1 Å². The molecule has 5 heteroatoms. The molecule has 94 valence electrons. The van der Waals surface area contributed by atoms with E-state index in [9.17, 15) is 4.79 Å². The Morgan fingerprint density at radius 1 is 1.59 bits per heavy atom. The van der Waals surface area contributed by atoms with Crippen LogP contribution in [0, 0.1) is 12.8 Å². The van der Waals surface area contributed by atoms with Crippen molar-refractivity contribution in [1.29, 1.82) is 0 Å². The third kappa shape index (κ3) is 2.85. The van der Waals surface area contributed by atoms with E-state index in [1.54, 1.807) is 6.07 Å². The predicted octanol–water partition coefficient (Wildman–Crippen LogP) is 1.18. The first kappa shape index (κ1) is 12.1. The van der Waals surface area contributed by atoms with Crippen molar-refractivity contribution >= 4 is 5.91 Å². The lowest BCUT2D eigenvalue weighted by molar-refractivity contribution is 0.0646. The molecular weight excluding hydrogens is 218 g/mol. The van der Waals surface area contributed by atoms with Gasteiger partial charge in [0.2, 0.25) is 5.76 Å². The van der Waals surface area contributed by atoms with Gasteiger partial charge < -0.3 is 15.2 Å². The molecule has 0 unspecified atom stereocenters. The third-order valence-corrected chi connectivity index (χ3v) is 3.32. The minimum atomic E-state index is -0.0446. The van der Waals surface area contributed by atoms with Crippen LogP contribution in [-0.2, 0) is 0 Å². The first-order valence-electron chi connectivity index (χ1n) is 6.13. The molecule has 1 aromatic rings. The number of hydrogen-bond donors (Lipinski definition) is 1. The second kappa shape index (κ2) is 5.31. The molecular formula is C12H19N3O2. The van der Waals surface area contributed by atoms with Gasteiger partial charge in [-0.3, -0.25) is 4.79 Å². The van der Waals surface area contributed by atoms with E-state index in [2.05, 4.69) is 5.16 Å². The summed E-state index contributed by atoms with van der Waals surface area (Å²) in [6.07, 6.45) is 3.13. The van der Waals surface area contributed by atoms with E-state index in [-0.39, 0.29) is 5.91 Å². The number of carbonyl (C=O) groups excluding carboxylic acids is 1. The van der Waals surface area contributed by atoms with Crippen LogP contribution in [0.5, 0.6) is 0 Å². The molecule has 0 spiro atoms. The molecule has 1 saturated heterocycles. The van der Waals surface area contributed by atoms with Crippen molar-refractivity contribution in [2.75, 3.05) is 19.6 Å².